The van der Waals surface area contributed by atoms with Gasteiger partial charge in [-0.25, -0.2) is 0 Å². The van der Waals surface area contributed by atoms with Gasteiger partial charge in [-0.3, -0.25) is 0 Å². The fourth-order valence-corrected chi connectivity index (χ4v) is 1.98. The van der Waals surface area contributed by atoms with E-state index in [2.05, 4.69) is 17.9 Å². The van der Waals surface area contributed by atoms with Crippen LogP contribution in [-0.4, -0.2) is 6.54 Å². The molecule has 0 aliphatic heterocycles. The molecule has 0 unspecified atom stereocenters. The van der Waals surface area contributed by atoms with Gasteiger partial charge in [-0.1, -0.05) is 11.6 Å². The minimum absolute atomic E-state index is 0.480. The Bertz CT molecular complexity index is 558. The van der Waals surface area contributed by atoms with Gasteiger partial charge in [0.2, 0.25) is 0 Å². The van der Waals surface area contributed by atoms with Crippen molar-refractivity contribution < 1.29 is 4.42 Å². The molecule has 0 N–H and O–H groups in total. The first-order valence-electron chi connectivity index (χ1n) is 5.71. The van der Waals surface area contributed by atoms with E-state index in [1.807, 2.05) is 24.3 Å². The normalized spacial score (nSPS) is 10.1. The standard InChI is InChI=1S/C14H13ClN2O/c1-2-17(10-13-4-3-7-18-13)12-6-5-11(9-16)14(15)8-12/h3-8H,2,10H2,1H3. The molecular weight excluding hydrogens is 248 g/mol. The Hall–Kier alpha value is -1.92. The molecule has 1 heterocycles. The molecule has 0 aliphatic carbocycles. The molecule has 0 radical (unpaired) electrons. The number of anilines is 1. The molecule has 3 nitrogen and oxygen atoms in total. The highest BCUT2D eigenvalue weighted by atomic mass is 35.5. The molecule has 0 atom stereocenters. The minimum atomic E-state index is 0.480. The molecule has 0 saturated heterocycles. The van der Waals surface area contributed by atoms with Crippen molar-refractivity contribution in [2.24, 2.45) is 0 Å². The molecule has 4 heteroatoms. The van der Waals surface area contributed by atoms with E-state index >= 15 is 0 Å². The van der Waals surface area contributed by atoms with Crippen LogP contribution in [0.2, 0.25) is 5.02 Å². The third kappa shape index (κ3) is 2.66. The zero-order chi connectivity index (χ0) is 13.0. The lowest BCUT2D eigenvalue weighted by atomic mass is 10.2. The Morgan fingerprint density at radius 1 is 1.39 bits per heavy atom. The highest BCUT2D eigenvalue weighted by molar-refractivity contribution is 6.32. The number of hydrogen-bond donors (Lipinski definition) is 0. The van der Waals surface area contributed by atoms with Crippen LogP contribution in [0.15, 0.2) is 41.0 Å². The quantitative estimate of drug-likeness (QED) is 0.839. The molecule has 92 valence electrons. The third-order valence-electron chi connectivity index (χ3n) is 2.75. The van der Waals surface area contributed by atoms with Crippen LogP contribution in [0.5, 0.6) is 0 Å². The lowest BCUT2D eigenvalue weighted by Gasteiger charge is -2.22. The van der Waals surface area contributed by atoms with Crippen molar-refractivity contribution in [2.45, 2.75) is 13.5 Å². The fraction of sp³-hybridized carbons (Fsp3) is 0.214. The Morgan fingerprint density at radius 3 is 2.78 bits per heavy atom. The first-order valence-corrected chi connectivity index (χ1v) is 6.09. The van der Waals surface area contributed by atoms with E-state index in [0.717, 1.165) is 18.0 Å². The average molecular weight is 261 g/mol. The molecular formula is C14H13ClN2O. The van der Waals surface area contributed by atoms with E-state index in [1.165, 1.54) is 0 Å². The van der Waals surface area contributed by atoms with E-state index in [9.17, 15) is 0 Å². The molecule has 0 amide bonds. The molecule has 0 aliphatic rings. The number of nitrogens with zero attached hydrogens (tertiary/aromatic N) is 2. The van der Waals surface area contributed by atoms with Gasteiger partial charge >= 0.3 is 0 Å². The summed E-state index contributed by atoms with van der Waals surface area (Å²) in [4.78, 5) is 2.13. The van der Waals surface area contributed by atoms with Crippen LogP contribution in [0.1, 0.15) is 18.2 Å². The SMILES string of the molecule is CCN(Cc1ccco1)c1ccc(C#N)c(Cl)c1. The molecule has 1 aromatic heterocycles. The maximum atomic E-state index is 8.85. The first kappa shape index (κ1) is 12.5. The summed E-state index contributed by atoms with van der Waals surface area (Å²) in [5.74, 6) is 0.900. The Morgan fingerprint density at radius 2 is 2.22 bits per heavy atom. The predicted octanol–water partition coefficient (Wildman–Crippen LogP) is 3.83. The largest absolute Gasteiger partial charge is 0.467 e. The van der Waals surface area contributed by atoms with Gasteiger partial charge in [0.1, 0.15) is 11.8 Å². The molecule has 2 rings (SSSR count). The van der Waals surface area contributed by atoms with E-state index in [4.69, 9.17) is 21.3 Å². The molecule has 1 aromatic carbocycles. The number of halogens is 1. The summed E-state index contributed by atoms with van der Waals surface area (Å²) >= 11 is 6.04. The second-order valence-electron chi connectivity index (χ2n) is 3.87. The lowest BCUT2D eigenvalue weighted by molar-refractivity contribution is 0.503. The number of benzene rings is 1. The van der Waals surface area contributed by atoms with Gasteiger partial charge < -0.3 is 9.32 Å². The van der Waals surface area contributed by atoms with Crippen molar-refractivity contribution in [1.29, 1.82) is 5.26 Å². The highest BCUT2D eigenvalue weighted by Gasteiger charge is 2.09. The van der Waals surface area contributed by atoms with Crippen molar-refractivity contribution in [3.63, 3.8) is 0 Å². The fourth-order valence-electron chi connectivity index (χ4n) is 1.77. The van der Waals surface area contributed by atoms with Crippen LogP contribution >= 0.6 is 11.6 Å². The van der Waals surface area contributed by atoms with Gasteiger partial charge in [0, 0.05) is 12.2 Å². The molecule has 2 aromatic rings. The summed E-state index contributed by atoms with van der Waals surface area (Å²) in [5.41, 5.74) is 1.48. The average Bonchev–Trinajstić information content (AvgIpc) is 2.88. The van der Waals surface area contributed by atoms with Crippen molar-refractivity contribution in [2.75, 3.05) is 11.4 Å². The molecule has 0 bridgehead atoms. The van der Waals surface area contributed by atoms with Crippen LogP contribution in [-0.2, 0) is 6.54 Å². The topological polar surface area (TPSA) is 40.2 Å². The van der Waals surface area contributed by atoms with Crippen LogP contribution in [0.4, 0.5) is 5.69 Å². The monoisotopic (exact) mass is 260 g/mol. The summed E-state index contributed by atoms with van der Waals surface area (Å²) < 4.78 is 5.34. The van der Waals surface area contributed by atoms with Crippen molar-refractivity contribution in [1.82, 2.24) is 0 Å². The smallest absolute Gasteiger partial charge is 0.123 e. The van der Waals surface area contributed by atoms with Gasteiger partial charge in [-0.15, -0.1) is 0 Å². The van der Waals surface area contributed by atoms with E-state index in [1.54, 1.807) is 12.3 Å². The van der Waals surface area contributed by atoms with Crippen molar-refractivity contribution >= 4 is 17.3 Å². The first-order chi connectivity index (χ1) is 8.74. The Labute approximate surface area is 111 Å². The van der Waals surface area contributed by atoms with Gasteiger partial charge in [0.25, 0.3) is 0 Å². The summed E-state index contributed by atoms with van der Waals surface area (Å²) in [7, 11) is 0. The number of hydrogen-bond acceptors (Lipinski definition) is 3. The maximum Gasteiger partial charge on any atom is 0.123 e. The highest BCUT2D eigenvalue weighted by Crippen LogP contribution is 2.24. The molecule has 0 saturated carbocycles. The van der Waals surface area contributed by atoms with Crippen LogP contribution in [0.3, 0.4) is 0 Å². The second kappa shape index (κ2) is 5.61. The van der Waals surface area contributed by atoms with Crippen molar-refractivity contribution in [3.8, 4) is 6.07 Å². The third-order valence-corrected chi connectivity index (χ3v) is 3.06. The van der Waals surface area contributed by atoms with Gasteiger partial charge in [0.05, 0.1) is 23.4 Å². The Balaban J connectivity index is 2.23. The summed E-state index contributed by atoms with van der Waals surface area (Å²) in [6.45, 7) is 3.59. The second-order valence-corrected chi connectivity index (χ2v) is 4.28. The van der Waals surface area contributed by atoms with Gasteiger partial charge in [0.15, 0.2) is 0 Å². The maximum absolute atomic E-state index is 8.85. The number of furan rings is 1. The van der Waals surface area contributed by atoms with E-state index < -0.39 is 0 Å². The summed E-state index contributed by atoms with van der Waals surface area (Å²) in [6, 6.07) is 11.3. The zero-order valence-corrected chi connectivity index (χ0v) is 10.8. The Kier molecular flexibility index (Phi) is 3.91. The molecule has 0 fully saturated rings. The molecule has 0 spiro atoms. The predicted molar refractivity (Wildman–Crippen MR) is 71.6 cm³/mol. The summed E-state index contributed by atoms with van der Waals surface area (Å²) in [6.07, 6.45) is 1.66. The number of nitriles is 1. The van der Waals surface area contributed by atoms with Crippen molar-refractivity contribution in [3.05, 3.63) is 52.9 Å². The molecule has 18 heavy (non-hydrogen) atoms. The van der Waals surface area contributed by atoms with Gasteiger partial charge in [-0.2, -0.15) is 5.26 Å². The lowest BCUT2D eigenvalue weighted by Crippen LogP contribution is -2.21. The minimum Gasteiger partial charge on any atom is -0.467 e. The number of rotatable bonds is 4. The van der Waals surface area contributed by atoms with E-state index in [0.29, 0.717) is 17.1 Å². The van der Waals surface area contributed by atoms with Crippen LogP contribution in [0.25, 0.3) is 0 Å². The van der Waals surface area contributed by atoms with E-state index in [-0.39, 0.29) is 0 Å². The van der Waals surface area contributed by atoms with Crippen LogP contribution in [0, 0.1) is 11.3 Å². The van der Waals surface area contributed by atoms with Crippen LogP contribution < -0.4 is 4.90 Å². The zero-order valence-electron chi connectivity index (χ0n) is 10.1. The summed E-state index contributed by atoms with van der Waals surface area (Å²) in [5, 5.41) is 9.33. The van der Waals surface area contributed by atoms with Gasteiger partial charge in [-0.05, 0) is 37.3 Å².